The highest BCUT2D eigenvalue weighted by atomic mass is 32.2. The van der Waals surface area contributed by atoms with Crippen LogP contribution in [0.25, 0.3) is 0 Å². The van der Waals surface area contributed by atoms with E-state index in [1.165, 1.54) is 4.31 Å². The average Bonchev–Trinajstić information content (AvgIpc) is 2.13. The summed E-state index contributed by atoms with van der Waals surface area (Å²) >= 11 is 0. The van der Waals surface area contributed by atoms with Gasteiger partial charge in [0.2, 0.25) is 10.0 Å². The number of amidine groups is 1. The summed E-state index contributed by atoms with van der Waals surface area (Å²) in [5.74, 6) is 0.00170. The maximum Gasteiger partial charge on any atom is 0.214 e. The summed E-state index contributed by atoms with van der Waals surface area (Å²) in [4.78, 5) is 0. The van der Waals surface area contributed by atoms with Crippen molar-refractivity contribution < 1.29 is 8.42 Å². The van der Waals surface area contributed by atoms with Gasteiger partial charge in [0.15, 0.2) is 0 Å². The lowest BCUT2D eigenvalue weighted by Crippen LogP contribution is -2.40. The van der Waals surface area contributed by atoms with E-state index in [0.29, 0.717) is 13.0 Å². The Kier molecular flexibility index (Phi) is 6.12. The summed E-state index contributed by atoms with van der Waals surface area (Å²) in [5, 5.41) is 7.21. The van der Waals surface area contributed by atoms with Crippen LogP contribution in [-0.4, -0.2) is 37.4 Å². The Morgan fingerprint density at radius 2 is 1.88 bits per heavy atom. The van der Waals surface area contributed by atoms with Gasteiger partial charge in [-0.15, -0.1) is 0 Å². The predicted octanol–water partition coefficient (Wildman–Crippen LogP) is 1.40. The molecule has 0 saturated carbocycles. The van der Waals surface area contributed by atoms with Crippen LogP contribution in [0, 0.1) is 10.8 Å². The minimum atomic E-state index is -3.30. The first-order valence-electron chi connectivity index (χ1n) is 5.89. The molecule has 17 heavy (non-hydrogen) atoms. The fraction of sp³-hybridized carbons (Fsp3) is 0.909. The first-order chi connectivity index (χ1) is 7.58. The minimum Gasteiger partial charge on any atom is -0.387 e. The number of hydrogen-bond donors (Lipinski definition) is 2. The molecule has 0 unspecified atom stereocenters. The van der Waals surface area contributed by atoms with Crippen molar-refractivity contribution in [2.45, 2.75) is 40.5 Å². The van der Waals surface area contributed by atoms with Crippen LogP contribution in [0.4, 0.5) is 0 Å². The highest BCUT2D eigenvalue weighted by Gasteiger charge is 2.24. The van der Waals surface area contributed by atoms with Crippen LogP contribution in [0.15, 0.2) is 0 Å². The molecular weight excluding hydrogens is 238 g/mol. The second-order valence-electron chi connectivity index (χ2n) is 5.49. The highest BCUT2D eigenvalue weighted by molar-refractivity contribution is 7.89. The number of sulfonamides is 1. The molecule has 0 radical (unpaired) electrons. The zero-order valence-electron chi connectivity index (χ0n) is 11.3. The van der Waals surface area contributed by atoms with E-state index >= 15 is 0 Å². The van der Waals surface area contributed by atoms with Crippen molar-refractivity contribution >= 4 is 15.9 Å². The zero-order chi connectivity index (χ0) is 13.7. The Balaban J connectivity index is 4.66. The quantitative estimate of drug-likeness (QED) is 0.537. The smallest absolute Gasteiger partial charge is 0.214 e. The van der Waals surface area contributed by atoms with Crippen molar-refractivity contribution in [3.05, 3.63) is 0 Å². The van der Waals surface area contributed by atoms with Gasteiger partial charge in [-0.25, -0.2) is 8.42 Å². The van der Waals surface area contributed by atoms with Gasteiger partial charge in [0.1, 0.15) is 5.84 Å². The molecule has 102 valence electrons. The van der Waals surface area contributed by atoms with E-state index in [1.807, 2.05) is 27.7 Å². The molecule has 0 heterocycles. The maximum atomic E-state index is 12.1. The van der Waals surface area contributed by atoms with Crippen molar-refractivity contribution in [3.8, 4) is 0 Å². The van der Waals surface area contributed by atoms with Crippen LogP contribution in [0.1, 0.15) is 40.5 Å². The van der Waals surface area contributed by atoms with E-state index in [0.717, 1.165) is 6.42 Å². The van der Waals surface area contributed by atoms with Crippen molar-refractivity contribution in [2.24, 2.45) is 11.1 Å². The molecule has 6 heteroatoms. The topological polar surface area (TPSA) is 87.2 Å². The van der Waals surface area contributed by atoms with Gasteiger partial charge in [-0.1, -0.05) is 27.7 Å². The normalized spacial score (nSPS) is 13.0. The lowest BCUT2D eigenvalue weighted by Gasteiger charge is -2.24. The van der Waals surface area contributed by atoms with Crippen LogP contribution in [0.3, 0.4) is 0 Å². The first kappa shape index (κ1) is 16.4. The molecule has 0 atom stereocenters. The second-order valence-corrected chi connectivity index (χ2v) is 7.57. The summed E-state index contributed by atoms with van der Waals surface area (Å²) in [6.45, 7) is 8.37. The monoisotopic (exact) mass is 263 g/mol. The van der Waals surface area contributed by atoms with Gasteiger partial charge in [-0.2, -0.15) is 4.31 Å². The van der Waals surface area contributed by atoms with Crippen LogP contribution in [0.2, 0.25) is 0 Å². The third kappa shape index (κ3) is 7.33. The van der Waals surface area contributed by atoms with E-state index in [1.54, 1.807) is 0 Å². The summed E-state index contributed by atoms with van der Waals surface area (Å²) in [5.41, 5.74) is 5.27. The summed E-state index contributed by atoms with van der Waals surface area (Å²) in [7, 11) is -3.30. The molecule has 0 aliphatic heterocycles. The molecule has 0 aliphatic rings. The van der Waals surface area contributed by atoms with Gasteiger partial charge in [0.05, 0.1) is 12.3 Å². The number of hydrogen-bond acceptors (Lipinski definition) is 3. The van der Waals surface area contributed by atoms with Gasteiger partial charge in [0, 0.05) is 6.54 Å². The SMILES string of the molecule is CCCN(CC(=N)N)S(=O)(=O)CCC(C)(C)C. The van der Waals surface area contributed by atoms with Crippen molar-refractivity contribution in [1.29, 1.82) is 5.41 Å². The van der Waals surface area contributed by atoms with Gasteiger partial charge in [0.25, 0.3) is 0 Å². The third-order valence-electron chi connectivity index (χ3n) is 2.32. The fourth-order valence-corrected chi connectivity index (χ4v) is 3.25. The minimum absolute atomic E-state index is 0.000314. The van der Waals surface area contributed by atoms with Crippen LogP contribution in [0.5, 0.6) is 0 Å². The van der Waals surface area contributed by atoms with Crippen molar-refractivity contribution in [3.63, 3.8) is 0 Å². The Morgan fingerprint density at radius 3 is 2.24 bits per heavy atom. The number of nitrogens with zero attached hydrogens (tertiary/aromatic N) is 1. The number of nitrogens with two attached hydrogens (primary N) is 1. The summed E-state index contributed by atoms with van der Waals surface area (Å²) < 4.78 is 25.5. The Hall–Kier alpha value is -0.620. The van der Waals surface area contributed by atoms with Gasteiger partial charge < -0.3 is 5.73 Å². The molecule has 0 saturated heterocycles. The number of nitrogens with one attached hydrogen (secondary N) is 1. The van der Waals surface area contributed by atoms with Gasteiger partial charge >= 0.3 is 0 Å². The Labute approximate surface area is 105 Å². The van der Waals surface area contributed by atoms with Crippen LogP contribution in [-0.2, 0) is 10.0 Å². The molecule has 0 spiro atoms. The van der Waals surface area contributed by atoms with E-state index in [-0.39, 0.29) is 23.5 Å². The molecule has 0 aromatic heterocycles. The lowest BCUT2D eigenvalue weighted by molar-refractivity contribution is 0.386. The molecule has 0 fully saturated rings. The maximum absolute atomic E-state index is 12.1. The first-order valence-corrected chi connectivity index (χ1v) is 7.50. The molecular formula is C11H25N3O2S. The Morgan fingerprint density at radius 1 is 1.35 bits per heavy atom. The molecule has 0 aromatic carbocycles. The number of rotatable bonds is 7. The van der Waals surface area contributed by atoms with Crippen LogP contribution >= 0.6 is 0 Å². The summed E-state index contributed by atoms with van der Waals surface area (Å²) in [6.07, 6.45) is 1.33. The van der Waals surface area contributed by atoms with E-state index in [4.69, 9.17) is 11.1 Å². The van der Waals surface area contributed by atoms with Gasteiger partial charge in [-0.05, 0) is 18.3 Å². The molecule has 0 aliphatic carbocycles. The molecule has 0 aromatic rings. The van der Waals surface area contributed by atoms with Crippen LogP contribution < -0.4 is 5.73 Å². The summed E-state index contributed by atoms with van der Waals surface area (Å²) in [6, 6.07) is 0. The molecule has 0 rings (SSSR count). The Bertz CT molecular complexity index is 344. The highest BCUT2D eigenvalue weighted by Crippen LogP contribution is 2.20. The van der Waals surface area contributed by atoms with Gasteiger partial charge in [-0.3, -0.25) is 5.41 Å². The zero-order valence-corrected chi connectivity index (χ0v) is 12.1. The lowest BCUT2D eigenvalue weighted by atomic mass is 9.94. The van der Waals surface area contributed by atoms with Crippen molar-refractivity contribution in [1.82, 2.24) is 4.31 Å². The predicted molar refractivity (Wildman–Crippen MR) is 71.6 cm³/mol. The average molecular weight is 263 g/mol. The van der Waals surface area contributed by atoms with E-state index in [2.05, 4.69) is 0 Å². The molecule has 0 bridgehead atoms. The molecule has 5 nitrogen and oxygen atoms in total. The third-order valence-corrected chi connectivity index (χ3v) is 4.14. The molecule has 3 N–H and O–H groups in total. The second kappa shape index (κ2) is 6.35. The van der Waals surface area contributed by atoms with E-state index < -0.39 is 10.0 Å². The largest absolute Gasteiger partial charge is 0.387 e. The van der Waals surface area contributed by atoms with E-state index in [9.17, 15) is 8.42 Å². The molecule has 0 amide bonds. The fourth-order valence-electron chi connectivity index (χ4n) is 1.32. The standard InChI is InChI=1S/C11H25N3O2S/c1-5-7-14(9-10(12)13)17(15,16)8-6-11(2,3)4/h5-9H2,1-4H3,(H3,12,13). The van der Waals surface area contributed by atoms with Crippen molar-refractivity contribution in [2.75, 3.05) is 18.8 Å².